The van der Waals surface area contributed by atoms with Gasteiger partial charge in [-0.15, -0.1) is 0 Å². The van der Waals surface area contributed by atoms with E-state index in [-0.39, 0.29) is 136 Å². The number of aliphatic hydroxyl groups excluding tert-OH is 6. The van der Waals surface area contributed by atoms with Crippen LogP contribution in [0.15, 0.2) is 72.8 Å². The van der Waals surface area contributed by atoms with E-state index in [0.717, 1.165) is 12.1 Å². The van der Waals surface area contributed by atoms with Crippen LogP contribution in [-0.2, 0) is 99.1 Å². The number of carbonyl (C=O) groups is 3. The van der Waals surface area contributed by atoms with Crippen molar-refractivity contribution in [3.63, 3.8) is 0 Å². The fourth-order valence-corrected chi connectivity index (χ4v) is 20.8. The number of benzene rings is 6. The van der Waals surface area contributed by atoms with E-state index in [1.807, 2.05) is 0 Å². The van der Waals surface area contributed by atoms with Crippen LogP contribution < -0.4 is 70.4 Å². The molecule has 6 aromatic carbocycles. The molecule has 30 atom stereocenters. The van der Waals surface area contributed by atoms with Crippen molar-refractivity contribution in [1.29, 1.82) is 0 Å². The molecule has 15 aliphatic rings. The maximum Gasteiger partial charge on any atom is 0.525 e. The number of phosphoric ester groups is 3. The van der Waals surface area contributed by atoms with Gasteiger partial charge in [0.15, 0.2) is 107 Å². The number of aliphatic hydroxyl groups is 6. The van der Waals surface area contributed by atoms with Crippen molar-refractivity contribution in [2.24, 2.45) is 35.5 Å². The lowest BCUT2D eigenvalue weighted by Crippen LogP contribution is -2.63. The molecule has 9 fully saturated rings. The minimum Gasteiger partial charge on any atom is -0.493 e. The van der Waals surface area contributed by atoms with Gasteiger partial charge in [-0.1, -0.05) is 0 Å². The van der Waals surface area contributed by atoms with E-state index in [4.69, 9.17) is 156 Å². The molecule has 0 saturated carbocycles. The van der Waals surface area contributed by atoms with Crippen molar-refractivity contribution < 1.29 is 250 Å². The second-order valence-electron chi connectivity index (χ2n) is 33.4. The van der Waals surface area contributed by atoms with Gasteiger partial charge < -0.3 is 172 Å². The number of fused-ring (bicyclic) bond motifs is 12. The number of carbonyl (C=O) groups excluding carboxylic acids is 3. The van der Waals surface area contributed by atoms with Crippen LogP contribution in [0.2, 0.25) is 0 Å². The van der Waals surface area contributed by atoms with E-state index < -0.39 is 293 Å². The quantitative estimate of drug-likeness (QED) is 0.0279. The highest BCUT2D eigenvalue weighted by Crippen LogP contribution is 2.64. The SMILES string of the molecule is [2H]C([2H])([2H])Oc1cc([C@@H]2c3cc4c(cc3[C@@H](O[C@@H]3O[C@H]5[C@@H](O[C@H](C)OC5([2H])[2H])[C@H](O)[C@H]3O)[C@H]3COC(=O)[C@H]23)OCO4)cc(OC([2H])([2H])[2H])c1OP(=O)(O)O.[2H]C1([2H])OC(=O)[C@@H]2[C@H](c3cc(OC)c(OP(=O)(O)O)c(OC)c3)c3cc4c(cc3[C@@H](O[C@@H]3O[C@H]5[C@@H](O[C@H](C)OC5([2H])[2H])[C@H](O)[C@H]3O)[C@H]21)OCO4.[2H]C1([2H])O[C@@H](C)O[C@H]2[C@H](O)[C@@H](O)[C@H](O[C@@H]3c4cc5c(cc4[C@@]([2H])(c4cc(OC)c(OP(=O)(O)O)c(OC)c4)[C@H]4C(=O)OC[C@H]34)OCO5)O[C@@H]21. The summed E-state index contributed by atoms with van der Waals surface area (Å²) in [6.07, 6.45) is -31.4. The number of methoxy groups -OCH3 is 6. The van der Waals surface area contributed by atoms with Gasteiger partial charge in [-0.25, -0.2) is 13.7 Å². The lowest BCUT2D eigenvalue weighted by Gasteiger charge is -2.47. The lowest BCUT2D eigenvalue weighted by atomic mass is 9.66. The number of cyclic esters (lactones) is 3. The zero-order chi connectivity index (χ0) is 111. The maximum atomic E-state index is 13.7. The van der Waals surface area contributed by atoms with Crippen LogP contribution in [0.1, 0.15) is 127 Å². The first-order chi connectivity index (χ1) is 71.5. The highest BCUT2D eigenvalue weighted by atomic mass is 31.2. The summed E-state index contributed by atoms with van der Waals surface area (Å²) in [6, 6.07) is 16.3. The molecule has 6 aromatic rings. The molecular weight excluding hydrogens is 1910 g/mol. The van der Waals surface area contributed by atoms with E-state index in [1.54, 1.807) is 12.1 Å². The summed E-state index contributed by atoms with van der Waals surface area (Å²) in [5.41, 5.74) is 1.77. The van der Waals surface area contributed by atoms with Gasteiger partial charge in [-0.2, -0.15) is 0 Å². The number of hydrogen-bond acceptors (Lipinski definition) is 42. The van der Waals surface area contributed by atoms with Gasteiger partial charge in [-0.05, 0) is 144 Å². The average Bonchev–Trinajstić information content (AvgIpc) is 1.69. The molecule has 3 aliphatic carbocycles. The summed E-state index contributed by atoms with van der Waals surface area (Å²) in [7, 11) is -17.4. The molecule has 21 rings (SSSR count). The van der Waals surface area contributed by atoms with Gasteiger partial charge in [0, 0.05) is 36.9 Å². The first kappa shape index (κ1) is 80.1. The second-order valence-corrected chi connectivity index (χ2v) is 36.9. The summed E-state index contributed by atoms with van der Waals surface area (Å²) in [5, 5.41) is 66.6. The zero-order valence-electron chi connectivity index (χ0n) is 87.6. The second kappa shape index (κ2) is 38.4. The Labute approximate surface area is 803 Å². The molecule has 138 heavy (non-hydrogen) atoms. The van der Waals surface area contributed by atoms with Crippen molar-refractivity contribution in [2.75, 3.05) is 102 Å². The smallest absolute Gasteiger partial charge is 0.493 e. The Hall–Kier alpha value is -9.54. The summed E-state index contributed by atoms with van der Waals surface area (Å²) < 4.78 is 324. The third kappa shape index (κ3) is 18.3. The molecule has 12 aliphatic heterocycles. The molecule has 0 spiro atoms. The molecule has 0 bridgehead atoms. The van der Waals surface area contributed by atoms with E-state index in [1.165, 1.54) is 97.7 Å². The van der Waals surface area contributed by atoms with Crippen LogP contribution in [-0.4, -0.2) is 291 Å². The summed E-state index contributed by atoms with van der Waals surface area (Å²) >= 11 is 0. The van der Waals surface area contributed by atoms with Gasteiger partial charge in [0.25, 0.3) is 0 Å². The summed E-state index contributed by atoms with van der Waals surface area (Å²) in [4.78, 5) is 98.3. The molecule has 0 radical (unpaired) electrons. The maximum absolute atomic E-state index is 13.7. The molecule has 9 saturated heterocycles. The summed E-state index contributed by atoms with van der Waals surface area (Å²) in [6.45, 7) is -6.96. The Balaban J connectivity index is 0.000000144. The molecule has 48 nitrogen and oxygen atoms in total. The molecule has 0 aromatic heterocycles. The Morgan fingerprint density at radius 1 is 0.348 bits per heavy atom. The fraction of sp³-hybridized carbons (Fsp3) is 0.552. The van der Waals surface area contributed by atoms with Gasteiger partial charge in [0.2, 0.25) is 37.6 Å². The number of hydrogen-bond donors (Lipinski definition) is 12. The van der Waals surface area contributed by atoms with Crippen LogP contribution in [0.3, 0.4) is 0 Å². The van der Waals surface area contributed by atoms with Gasteiger partial charge in [0.1, 0.15) is 73.2 Å². The minimum atomic E-state index is -5.50. The first-order valence-corrected chi connectivity index (χ1v) is 46.8. The normalized spacial score (nSPS) is 38.4. The molecule has 0 unspecified atom stereocenters. The predicted molar refractivity (Wildman–Crippen MR) is 448 cm³/mol. The van der Waals surface area contributed by atoms with Crippen molar-refractivity contribution in [3.8, 4) is 86.2 Å². The van der Waals surface area contributed by atoms with Crippen molar-refractivity contribution >= 4 is 41.4 Å². The largest absolute Gasteiger partial charge is 0.525 e. The van der Waals surface area contributed by atoms with E-state index in [0.29, 0.717) is 5.56 Å². The molecular formula is C87H99O48P3. The Morgan fingerprint density at radius 3 is 0.978 bits per heavy atom. The van der Waals surface area contributed by atoms with Crippen LogP contribution in [0.5, 0.6) is 86.2 Å². The standard InChI is InChI=1S/3C29H33O16P/c3*1-11-38-9-20-27(42-11)23(30)24(31)29(43-20)44-25-14-7-17-16(40-10-41-17)6-13(14)21(22-15(25)8-39-28(22)32)12-4-18(36-2)26(19(5-12)37-3)45-46(33,34)35/h3*4-7,11,15,20-25,27,29-31H,8-10H2,1-3H3,(H2,33,34,35)/t3*11-,15+,20-,21-,22+,23-,24-,25-,27-,29+/m111/s1/i2D3,3D3,9D2;9D2,21D;8D2,9D2. The molecule has 750 valence electrons. The van der Waals surface area contributed by atoms with Crippen LogP contribution in [0.25, 0.3) is 0 Å². The minimum absolute atomic E-state index is 0.0648. The summed E-state index contributed by atoms with van der Waals surface area (Å²) in [5.74, 6) is -17.2. The highest BCUT2D eigenvalue weighted by molar-refractivity contribution is 7.47. The number of ether oxygens (including phenoxy) is 27. The van der Waals surface area contributed by atoms with E-state index in [2.05, 4.69) is 4.52 Å². The fourth-order valence-electron chi connectivity index (χ4n) is 19.5. The molecule has 0 amide bonds. The molecule has 51 heteroatoms. The number of phosphoric acid groups is 3. The number of rotatable bonds is 21. The zero-order valence-corrected chi connectivity index (χ0v) is 75.3. The van der Waals surface area contributed by atoms with E-state index >= 15 is 0 Å². The van der Waals surface area contributed by atoms with Gasteiger partial charge in [0.05, 0.1) is 137 Å². The third-order valence-electron chi connectivity index (χ3n) is 25.4. The van der Waals surface area contributed by atoms with Crippen molar-refractivity contribution in [3.05, 3.63) is 123 Å². The van der Waals surface area contributed by atoms with Crippen molar-refractivity contribution in [1.82, 2.24) is 0 Å². The van der Waals surface area contributed by atoms with Gasteiger partial charge >= 0.3 is 41.4 Å². The van der Waals surface area contributed by atoms with Crippen LogP contribution in [0, 0.1) is 35.5 Å². The van der Waals surface area contributed by atoms with E-state index in [9.17, 15) is 89.4 Å². The average molecular weight is 2020 g/mol. The molecule has 12 heterocycles. The number of esters is 3. The predicted octanol–water partition coefficient (Wildman–Crippen LogP) is 3.31. The molecule has 12 N–H and O–H groups in total. The van der Waals surface area contributed by atoms with Crippen molar-refractivity contribution in [2.45, 2.75) is 168 Å². The Bertz CT molecular complexity index is 6410. The third-order valence-corrected chi connectivity index (χ3v) is 26.6. The highest BCUT2D eigenvalue weighted by Gasteiger charge is 2.62. The topological polar surface area (TPSA) is 622 Å². The van der Waals surface area contributed by atoms with Crippen LogP contribution >= 0.6 is 23.5 Å². The monoisotopic (exact) mass is 2020 g/mol. The lowest BCUT2D eigenvalue weighted by molar-refractivity contribution is -0.364. The van der Waals surface area contributed by atoms with Gasteiger partial charge in [-0.3, -0.25) is 43.7 Å². The Morgan fingerprint density at radius 2 is 0.638 bits per heavy atom. The Kier molecular flexibility index (Phi) is 22.3. The van der Waals surface area contributed by atoms with Crippen LogP contribution in [0.4, 0.5) is 0 Å². The first-order valence-electron chi connectivity index (χ1n) is 49.7.